The van der Waals surface area contributed by atoms with E-state index < -0.39 is 5.91 Å². The van der Waals surface area contributed by atoms with Gasteiger partial charge >= 0.3 is 0 Å². The number of rotatable bonds is 3. The first-order chi connectivity index (χ1) is 6.16. The van der Waals surface area contributed by atoms with E-state index in [-0.39, 0.29) is 17.3 Å². The van der Waals surface area contributed by atoms with Gasteiger partial charge in [0.25, 0.3) is 11.8 Å². The Kier molecular flexibility index (Phi) is 2.63. The minimum Gasteiger partial charge on any atom is -0.364 e. The number of nitrogens with one attached hydrogen (secondary N) is 2. The Hall–Kier alpha value is -1.85. The summed E-state index contributed by atoms with van der Waals surface area (Å²) in [4.78, 5) is 28.2. The number of hydrogen-bond acceptors (Lipinski definition) is 3. The van der Waals surface area contributed by atoms with Crippen LogP contribution in [0.1, 0.15) is 27.9 Å². The van der Waals surface area contributed by atoms with Gasteiger partial charge in [0.1, 0.15) is 5.69 Å². The second-order valence-corrected chi connectivity index (χ2v) is 2.35. The lowest BCUT2D eigenvalue weighted by molar-refractivity contribution is 0.0932. The molecule has 0 spiro atoms. The molecule has 1 heterocycles. The van der Waals surface area contributed by atoms with Crippen LogP contribution in [-0.2, 0) is 0 Å². The van der Waals surface area contributed by atoms with Gasteiger partial charge in [0, 0.05) is 6.54 Å². The Morgan fingerprint density at radius 3 is 2.92 bits per heavy atom. The topological polar surface area (TPSA) is 101 Å². The first-order valence-corrected chi connectivity index (χ1v) is 3.78. The fourth-order valence-corrected chi connectivity index (χ4v) is 0.903. The standard InChI is InChI=1S/C7H10N4O2/c1-2-9-7(13)5-4(6(8)12)10-3-11-5/h3H,2H2,1H3,(H2,8,12)(H,9,13)(H,10,11). The average Bonchev–Trinajstić information content (AvgIpc) is 2.52. The maximum absolute atomic E-state index is 11.2. The predicted molar refractivity (Wildman–Crippen MR) is 45.1 cm³/mol. The van der Waals surface area contributed by atoms with E-state index in [4.69, 9.17) is 5.73 Å². The number of carbonyl (C=O) groups excluding carboxylic acids is 2. The Balaban J connectivity index is 2.93. The zero-order valence-corrected chi connectivity index (χ0v) is 7.13. The molecular weight excluding hydrogens is 172 g/mol. The van der Waals surface area contributed by atoms with Crippen LogP contribution in [0.3, 0.4) is 0 Å². The molecule has 0 aliphatic rings. The normalized spacial score (nSPS) is 9.62. The minimum absolute atomic E-state index is 0.0362. The molecule has 0 saturated heterocycles. The Labute approximate surface area is 74.5 Å². The number of carbonyl (C=O) groups is 2. The predicted octanol–water partition coefficient (Wildman–Crippen LogP) is -0.742. The summed E-state index contributed by atoms with van der Waals surface area (Å²) in [6.07, 6.45) is 1.25. The van der Waals surface area contributed by atoms with Crippen LogP contribution in [0.2, 0.25) is 0 Å². The summed E-state index contributed by atoms with van der Waals surface area (Å²) >= 11 is 0. The number of nitrogens with two attached hydrogens (primary N) is 1. The van der Waals surface area contributed by atoms with E-state index in [1.54, 1.807) is 6.92 Å². The summed E-state index contributed by atoms with van der Waals surface area (Å²) in [7, 11) is 0. The maximum Gasteiger partial charge on any atom is 0.270 e. The van der Waals surface area contributed by atoms with Gasteiger partial charge in [-0.2, -0.15) is 0 Å². The van der Waals surface area contributed by atoms with Gasteiger partial charge in [-0.3, -0.25) is 9.59 Å². The van der Waals surface area contributed by atoms with Crippen LogP contribution in [0.5, 0.6) is 0 Å². The molecule has 13 heavy (non-hydrogen) atoms. The molecule has 0 radical (unpaired) electrons. The number of hydrogen-bond donors (Lipinski definition) is 3. The van der Waals surface area contributed by atoms with Crippen molar-refractivity contribution in [2.24, 2.45) is 5.73 Å². The van der Waals surface area contributed by atoms with Gasteiger partial charge < -0.3 is 16.0 Å². The van der Waals surface area contributed by atoms with Crippen LogP contribution in [-0.4, -0.2) is 28.3 Å². The van der Waals surface area contributed by atoms with E-state index in [1.807, 2.05) is 0 Å². The molecule has 0 fully saturated rings. The fourth-order valence-electron chi connectivity index (χ4n) is 0.903. The van der Waals surface area contributed by atoms with Crippen LogP contribution in [0.15, 0.2) is 6.33 Å². The highest BCUT2D eigenvalue weighted by atomic mass is 16.2. The highest BCUT2D eigenvalue weighted by molar-refractivity contribution is 6.04. The maximum atomic E-state index is 11.2. The van der Waals surface area contributed by atoms with Gasteiger partial charge in [0.2, 0.25) is 0 Å². The molecular formula is C7H10N4O2. The van der Waals surface area contributed by atoms with Gasteiger partial charge in [-0.25, -0.2) is 4.98 Å². The number of amides is 2. The van der Waals surface area contributed by atoms with Crippen molar-refractivity contribution in [1.82, 2.24) is 15.3 Å². The summed E-state index contributed by atoms with van der Waals surface area (Å²) in [5.41, 5.74) is 5.06. The van der Waals surface area contributed by atoms with E-state index in [9.17, 15) is 9.59 Å². The number of H-pyrrole nitrogens is 1. The molecule has 4 N–H and O–H groups in total. The van der Waals surface area contributed by atoms with Crippen molar-refractivity contribution in [3.8, 4) is 0 Å². The largest absolute Gasteiger partial charge is 0.364 e. The van der Waals surface area contributed by atoms with Crippen molar-refractivity contribution >= 4 is 11.8 Å². The SMILES string of the molecule is CCNC(=O)c1[nH]cnc1C(N)=O. The minimum atomic E-state index is -0.720. The Bertz CT molecular complexity index is 331. The molecule has 70 valence electrons. The average molecular weight is 182 g/mol. The lowest BCUT2D eigenvalue weighted by Crippen LogP contribution is -2.26. The van der Waals surface area contributed by atoms with Crippen LogP contribution in [0, 0.1) is 0 Å². The van der Waals surface area contributed by atoms with Crippen LogP contribution in [0.25, 0.3) is 0 Å². The highest BCUT2D eigenvalue weighted by Crippen LogP contribution is 2.00. The number of nitrogens with zero attached hydrogens (tertiary/aromatic N) is 1. The summed E-state index contributed by atoms with van der Waals surface area (Å²) in [5, 5.41) is 2.53. The van der Waals surface area contributed by atoms with Gasteiger partial charge in [-0.05, 0) is 6.92 Å². The van der Waals surface area contributed by atoms with Crippen molar-refractivity contribution in [3.63, 3.8) is 0 Å². The van der Waals surface area contributed by atoms with Gasteiger partial charge in [0.05, 0.1) is 6.33 Å². The third kappa shape index (κ3) is 1.84. The lowest BCUT2D eigenvalue weighted by Gasteiger charge is -1.99. The number of aromatic amines is 1. The molecule has 6 nitrogen and oxygen atoms in total. The molecule has 0 aromatic carbocycles. The monoisotopic (exact) mass is 182 g/mol. The Morgan fingerprint density at radius 2 is 2.38 bits per heavy atom. The number of aromatic nitrogens is 2. The van der Waals surface area contributed by atoms with Gasteiger partial charge in [-0.15, -0.1) is 0 Å². The van der Waals surface area contributed by atoms with Crippen LogP contribution < -0.4 is 11.1 Å². The fraction of sp³-hybridized carbons (Fsp3) is 0.286. The second kappa shape index (κ2) is 3.70. The summed E-state index contributed by atoms with van der Waals surface area (Å²) in [6, 6.07) is 0. The highest BCUT2D eigenvalue weighted by Gasteiger charge is 2.16. The quantitative estimate of drug-likeness (QED) is 0.573. The first-order valence-electron chi connectivity index (χ1n) is 3.78. The molecule has 1 aromatic heterocycles. The van der Waals surface area contributed by atoms with E-state index in [0.29, 0.717) is 6.54 Å². The van der Waals surface area contributed by atoms with Crippen LogP contribution in [0.4, 0.5) is 0 Å². The van der Waals surface area contributed by atoms with Crippen molar-refractivity contribution in [1.29, 1.82) is 0 Å². The zero-order valence-electron chi connectivity index (χ0n) is 7.13. The van der Waals surface area contributed by atoms with Gasteiger partial charge in [0.15, 0.2) is 5.69 Å². The summed E-state index contributed by atoms with van der Waals surface area (Å²) < 4.78 is 0. The zero-order chi connectivity index (χ0) is 9.84. The molecule has 0 unspecified atom stereocenters. The molecule has 0 atom stereocenters. The Morgan fingerprint density at radius 1 is 1.69 bits per heavy atom. The van der Waals surface area contributed by atoms with Crippen LogP contribution >= 0.6 is 0 Å². The van der Waals surface area contributed by atoms with E-state index >= 15 is 0 Å². The van der Waals surface area contributed by atoms with Crippen molar-refractivity contribution < 1.29 is 9.59 Å². The smallest absolute Gasteiger partial charge is 0.270 e. The molecule has 1 rings (SSSR count). The summed E-state index contributed by atoms with van der Waals surface area (Å²) in [5.74, 6) is -1.10. The molecule has 0 aliphatic carbocycles. The van der Waals surface area contributed by atoms with E-state index in [1.165, 1.54) is 6.33 Å². The number of primary amides is 1. The van der Waals surface area contributed by atoms with Gasteiger partial charge in [-0.1, -0.05) is 0 Å². The molecule has 6 heteroatoms. The number of imidazole rings is 1. The van der Waals surface area contributed by atoms with Crippen molar-refractivity contribution in [2.75, 3.05) is 6.54 Å². The molecule has 0 saturated carbocycles. The molecule has 0 aliphatic heterocycles. The lowest BCUT2D eigenvalue weighted by atomic mass is 10.3. The first kappa shape index (κ1) is 9.24. The third-order valence-electron chi connectivity index (χ3n) is 1.44. The van der Waals surface area contributed by atoms with Crippen molar-refractivity contribution in [2.45, 2.75) is 6.92 Å². The third-order valence-corrected chi connectivity index (χ3v) is 1.44. The van der Waals surface area contributed by atoms with E-state index in [0.717, 1.165) is 0 Å². The van der Waals surface area contributed by atoms with Crippen molar-refractivity contribution in [3.05, 3.63) is 17.7 Å². The summed E-state index contributed by atoms with van der Waals surface area (Å²) in [6.45, 7) is 2.26. The molecule has 0 bridgehead atoms. The molecule has 1 aromatic rings. The van der Waals surface area contributed by atoms with E-state index in [2.05, 4.69) is 15.3 Å². The second-order valence-electron chi connectivity index (χ2n) is 2.35. The molecule has 2 amide bonds.